The average molecular weight is 579 g/mol. The van der Waals surface area contributed by atoms with Gasteiger partial charge in [0.1, 0.15) is 5.75 Å². The molecule has 218 valence electrons. The lowest BCUT2D eigenvalue weighted by Crippen LogP contribution is -2.49. The van der Waals surface area contributed by atoms with Crippen molar-refractivity contribution in [2.75, 3.05) is 38.2 Å². The maximum atomic E-state index is 13.0. The van der Waals surface area contributed by atoms with Gasteiger partial charge in [-0.25, -0.2) is 0 Å². The number of nitrogens with zero attached hydrogens (tertiary/aromatic N) is 2. The molecule has 2 aromatic rings. The Kier molecular flexibility index (Phi) is 7.77. The third-order valence-electron chi connectivity index (χ3n) is 9.90. The molecule has 2 aromatic carbocycles. The van der Waals surface area contributed by atoms with Crippen LogP contribution in [0.2, 0.25) is 5.02 Å². The van der Waals surface area contributed by atoms with Crippen molar-refractivity contribution in [2.24, 2.45) is 11.8 Å². The summed E-state index contributed by atoms with van der Waals surface area (Å²) in [5.74, 6) is -0.968. The zero-order valence-electron chi connectivity index (χ0n) is 23.6. The van der Waals surface area contributed by atoms with Crippen molar-refractivity contribution in [3.63, 3.8) is 0 Å². The van der Waals surface area contributed by atoms with E-state index in [-0.39, 0.29) is 23.7 Å². The fourth-order valence-corrected chi connectivity index (χ4v) is 7.55. The minimum atomic E-state index is -1.01. The first-order chi connectivity index (χ1) is 19.7. The van der Waals surface area contributed by atoms with E-state index in [1.165, 1.54) is 11.1 Å². The number of amides is 1. The summed E-state index contributed by atoms with van der Waals surface area (Å²) in [4.78, 5) is 29.4. The van der Waals surface area contributed by atoms with Crippen LogP contribution in [0.1, 0.15) is 61.1 Å². The van der Waals surface area contributed by atoms with E-state index >= 15 is 0 Å². The Balaban J connectivity index is 1.43. The average Bonchev–Trinajstić information content (AvgIpc) is 3.08. The molecule has 0 aromatic heterocycles. The fourth-order valence-electron chi connectivity index (χ4n) is 7.35. The van der Waals surface area contributed by atoms with E-state index in [0.29, 0.717) is 31.1 Å². The minimum absolute atomic E-state index is 0.111. The molecule has 5 atom stereocenters. The first-order valence-electron chi connectivity index (χ1n) is 14.9. The van der Waals surface area contributed by atoms with Crippen LogP contribution in [0.4, 0.5) is 5.69 Å². The molecule has 7 nitrogen and oxygen atoms in total. The molecule has 2 heterocycles. The van der Waals surface area contributed by atoms with Crippen molar-refractivity contribution in [2.45, 2.75) is 62.4 Å². The zero-order valence-corrected chi connectivity index (χ0v) is 24.4. The fraction of sp³-hybridized carbons (Fsp3) is 0.515. The SMILES string of the molecule is CN1CC/C=C\[C@H](O)[C@@H]2CC[C@H]2CN2C[C@@]3(CCCc4cc(Cl)ccc43)COc3ccc(cc32)[C@@H](C(=O)O)CC1=O. The number of benzene rings is 2. The molecule has 1 saturated carbocycles. The Hall–Kier alpha value is -3.03. The number of hydrogen-bond donors (Lipinski definition) is 2. The van der Waals surface area contributed by atoms with Crippen molar-refractivity contribution in [1.29, 1.82) is 0 Å². The van der Waals surface area contributed by atoms with Crippen molar-refractivity contribution in [3.05, 3.63) is 70.3 Å². The van der Waals surface area contributed by atoms with Gasteiger partial charge in [-0.2, -0.15) is 0 Å². The van der Waals surface area contributed by atoms with Crippen molar-refractivity contribution >= 4 is 29.2 Å². The van der Waals surface area contributed by atoms with E-state index in [4.69, 9.17) is 16.3 Å². The van der Waals surface area contributed by atoms with Gasteiger partial charge in [-0.1, -0.05) is 35.9 Å². The van der Waals surface area contributed by atoms with E-state index in [1.54, 1.807) is 18.0 Å². The molecule has 41 heavy (non-hydrogen) atoms. The number of aliphatic carboxylic acids is 1. The minimum Gasteiger partial charge on any atom is -0.490 e. The van der Waals surface area contributed by atoms with E-state index in [0.717, 1.165) is 61.7 Å². The number of anilines is 1. The molecule has 0 radical (unpaired) electrons. The number of aliphatic hydroxyl groups excluding tert-OH is 1. The largest absolute Gasteiger partial charge is 0.490 e. The van der Waals surface area contributed by atoms with Gasteiger partial charge in [0.25, 0.3) is 0 Å². The van der Waals surface area contributed by atoms with Crippen molar-refractivity contribution < 1.29 is 24.5 Å². The number of aliphatic hydroxyl groups is 1. The number of aryl methyl sites for hydroxylation is 1. The quantitative estimate of drug-likeness (QED) is 0.453. The summed E-state index contributed by atoms with van der Waals surface area (Å²) in [7, 11) is 1.71. The lowest BCUT2D eigenvalue weighted by atomic mass is 9.68. The highest BCUT2D eigenvalue weighted by Gasteiger charge is 2.44. The third kappa shape index (κ3) is 5.46. The van der Waals surface area contributed by atoms with Gasteiger partial charge in [-0.15, -0.1) is 0 Å². The molecule has 2 aliphatic heterocycles. The Morgan fingerprint density at radius 1 is 1.17 bits per heavy atom. The van der Waals surface area contributed by atoms with Crippen LogP contribution in [0.5, 0.6) is 5.75 Å². The Bertz CT molecular complexity index is 1360. The summed E-state index contributed by atoms with van der Waals surface area (Å²) in [5.41, 5.74) is 3.79. The second-order valence-corrected chi connectivity index (χ2v) is 12.9. The summed E-state index contributed by atoms with van der Waals surface area (Å²) in [6.45, 7) is 2.48. The molecule has 2 bridgehead atoms. The maximum absolute atomic E-state index is 13.0. The number of fused-ring (bicyclic) bond motifs is 4. The van der Waals surface area contributed by atoms with Crippen molar-refractivity contribution in [1.82, 2.24) is 4.90 Å². The zero-order chi connectivity index (χ0) is 28.7. The van der Waals surface area contributed by atoms with Crippen LogP contribution < -0.4 is 9.64 Å². The molecule has 2 aliphatic carbocycles. The molecule has 0 unspecified atom stereocenters. The molecule has 4 aliphatic rings. The van der Waals surface area contributed by atoms with Crippen LogP contribution in [0.25, 0.3) is 0 Å². The number of hydrogen-bond acceptors (Lipinski definition) is 5. The standard InChI is InChI=1S/C33H39ClN2O5/c1-35-14-3-2-6-29(37)25-10-7-23(25)18-36-19-33(13-4-5-22-15-24(34)9-11-27(22)33)20-41-30-12-8-21(16-28(30)36)26(32(39)40)17-31(35)38/h2,6,8-9,11-12,15-16,23,25-26,29,37H,3-5,7,10,13-14,17-20H2,1H3,(H,39,40)/b6-2-/t23-,25+,26-,29-,33-/m0/s1. The Morgan fingerprint density at radius 2 is 2.02 bits per heavy atom. The number of carbonyl (C=O) groups is 2. The van der Waals surface area contributed by atoms with Gasteiger partial charge in [0.2, 0.25) is 5.91 Å². The predicted octanol–water partition coefficient (Wildman–Crippen LogP) is 5.18. The second-order valence-electron chi connectivity index (χ2n) is 12.5. The van der Waals surface area contributed by atoms with Gasteiger partial charge in [-0.3, -0.25) is 9.59 Å². The highest BCUT2D eigenvalue weighted by molar-refractivity contribution is 6.30. The highest BCUT2D eigenvalue weighted by atomic mass is 35.5. The number of ether oxygens (including phenoxy) is 1. The Labute approximate surface area is 246 Å². The van der Waals surface area contributed by atoms with Gasteiger partial charge in [0, 0.05) is 43.5 Å². The topological polar surface area (TPSA) is 90.3 Å². The molecule has 8 heteroatoms. The van der Waals surface area contributed by atoms with E-state index in [1.807, 2.05) is 30.4 Å². The van der Waals surface area contributed by atoms with Crippen LogP contribution in [-0.4, -0.2) is 66.4 Å². The van der Waals surface area contributed by atoms with E-state index < -0.39 is 18.0 Å². The number of carboxylic acid groups (broad SMARTS) is 1. The number of carboxylic acids is 1. The molecule has 2 N–H and O–H groups in total. The normalized spacial score (nSPS) is 30.9. The van der Waals surface area contributed by atoms with Gasteiger partial charge < -0.3 is 24.7 Å². The third-order valence-corrected chi connectivity index (χ3v) is 10.1. The summed E-state index contributed by atoms with van der Waals surface area (Å²) in [6, 6.07) is 11.8. The first kappa shape index (κ1) is 28.1. The van der Waals surface area contributed by atoms with E-state index in [2.05, 4.69) is 17.0 Å². The smallest absolute Gasteiger partial charge is 0.311 e. The monoisotopic (exact) mass is 578 g/mol. The van der Waals surface area contributed by atoms with Gasteiger partial charge in [-0.05, 0) is 91.3 Å². The number of carbonyl (C=O) groups excluding carboxylic acids is 1. The summed E-state index contributed by atoms with van der Waals surface area (Å²) in [6.07, 6.45) is 8.82. The van der Waals surface area contributed by atoms with Crippen LogP contribution >= 0.6 is 11.6 Å². The summed E-state index contributed by atoms with van der Waals surface area (Å²) < 4.78 is 6.57. The van der Waals surface area contributed by atoms with Crippen molar-refractivity contribution in [3.8, 4) is 5.75 Å². The summed E-state index contributed by atoms with van der Waals surface area (Å²) in [5, 5.41) is 22.0. The van der Waals surface area contributed by atoms with Gasteiger partial charge in [0.05, 0.1) is 24.3 Å². The van der Waals surface area contributed by atoms with Gasteiger partial charge >= 0.3 is 5.97 Å². The molecular formula is C33H39ClN2O5. The van der Waals surface area contributed by atoms with Crippen LogP contribution in [0.3, 0.4) is 0 Å². The molecule has 6 rings (SSSR count). The Morgan fingerprint density at radius 3 is 2.80 bits per heavy atom. The lowest BCUT2D eigenvalue weighted by Gasteiger charge is -2.45. The molecule has 1 amide bonds. The van der Waals surface area contributed by atoms with Gasteiger partial charge in [0.15, 0.2) is 0 Å². The lowest BCUT2D eigenvalue weighted by molar-refractivity contribution is -0.142. The molecule has 1 fully saturated rings. The first-order valence-corrected chi connectivity index (χ1v) is 15.2. The van der Waals surface area contributed by atoms with E-state index in [9.17, 15) is 19.8 Å². The van der Waals surface area contributed by atoms with Crippen LogP contribution in [0.15, 0.2) is 48.6 Å². The molecule has 1 spiro atoms. The second kappa shape index (κ2) is 11.3. The summed E-state index contributed by atoms with van der Waals surface area (Å²) >= 11 is 6.39. The maximum Gasteiger partial charge on any atom is 0.311 e. The molecule has 0 saturated heterocycles. The highest BCUT2D eigenvalue weighted by Crippen LogP contribution is 2.47. The molecular weight excluding hydrogens is 540 g/mol. The van der Waals surface area contributed by atoms with Crippen LogP contribution in [-0.2, 0) is 21.4 Å². The predicted molar refractivity (Wildman–Crippen MR) is 159 cm³/mol. The number of halogens is 1. The number of rotatable bonds is 1. The van der Waals surface area contributed by atoms with Crippen LogP contribution in [0, 0.1) is 11.8 Å².